The Bertz CT molecular complexity index is 414. The highest BCUT2D eigenvalue weighted by atomic mass is 32.2. The molecular weight excluding hydrogens is 250 g/mol. The summed E-state index contributed by atoms with van der Waals surface area (Å²) in [6.07, 6.45) is 3.11. The first-order valence-electron chi connectivity index (χ1n) is 5.83. The highest BCUT2D eigenvalue weighted by Gasteiger charge is 2.30. The molecule has 18 heavy (non-hydrogen) atoms. The van der Waals surface area contributed by atoms with Gasteiger partial charge in [0.15, 0.2) is 5.16 Å². The molecule has 6 heteroatoms. The Kier molecular flexibility index (Phi) is 5.55. The molecule has 1 aromatic heterocycles. The number of rotatable bonds is 7. The minimum atomic E-state index is -0.853. The van der Waals surface area contributed by atoms with Crippen LogP contribution in [0.25, 0.3) is 0 Å². The number of nitrogens with zero attached hydrogens (tertiary/aromatic N) is 2. The second-order valence-corrected chi connectivity index (χ2v) is 5.38. The van der Waals surface area contributed by atoms with Gasteiger partial charge < -0.3 is 10.4 Å². The minimum Gasteiger partial charge on any atom is -0.480 e. The summed E-state index contributed by atoms with van der Waals surface area (Å²) < 4.78 is 0. The van der Waals surface area contributed by atoms with Crippen molar-refractivity contribution in [3.63, 3.8) is 0 Å². The van der Waals surface area contributed by atoms with Crippen LogP contribution in [0.3, 0.4) is 0 Å². The molecule has 0 aromatic carbocycles. The molecule has 0 fully saturated rings. The summed E-state index contributed by atoms with van der Waals surface area (Å²) in [7, 11) is 1.67. The van der Waals surface area contributed by atoms with Crippen LogP contribution in [0.15, 0.2) is 17.4 Å². The van der Waals surface area contributed by atoms with Crippen molar-refractivity contribution in [2.75, 3.05) is 12.8 Å². The van der Waals surface area contributed by atoms with Crippen molar-refractivity contribution in [2.24, 2.45) is 0 Å². The fraction of sp³-hybridized carbons (Fsp3) is 0.583. The number of carboxylic acids is 1. The second kappa shape index (κ2) is 6.70. The number of carboxylic acid groups (broad SMARTS) is 1. The maximum Gasteiger partial charge on any atom is 0.323 e. The van der Waals surface area contributed by atoms with Crippen molar-refractivity contribution < 1.29 is 9.90 Å². The Morgan fingerprint density at radius 1 is 1.61 bits per heavy atom. The number of hydrogen-bond donors (Lipinski definition) is 2. The number of hydrogen-bond acceptors (Lipinski definition) is 5. The number of carbonyl (C=O) groups is 1. The van der Waals surface area contributed by atoms with Gasteiger partial charge in [-0.05, 0) is 39.8 Å². The molecular formula is C12H19N3O2S. The van der Waals surface area contributed by atoms with E-state index >= 15 is 0 Å². The lowest BCUT2D eigenvalue weighted by Gasteiger charge is -2.23. The molecule has 100 valence electrons. The largest absolute Gasteiger partial charge is 0.480 e. The van der Waals surface area contributed by atoms with Crippen LogP contribution in [0.2, 0.25) is 0 Å². The topological polar surface area (TPSA) is 75.1 Å². The third-order valence-electron chi connectivity index (χ3n) is 2.85. The summed E-state index contributed by atoms with van der Waals surface area (Å²) in [5.74, 6) is -0.00428. The van der Waals surface area contributed by atoms with Crippen LogP contribution < -0.4 is 5.32 Å². The summed E-state index contributed by atoms with van der Waals surface area (Å²) >= 11 is 1.55. The van der Waals surface area contributed by atoms with E-state index in [0.29, 0.717) is 6.42 Å². The lowest BCUT2D eigenvalue weighted by molar-refractivity contribution is -0.144. The third kappa shape index (κ3) is 4.27. The van der Waals surface area contributed by atoms with Crippen molar-refractivity contribution in [2.45, 2.75) is 37.4 Å². The summed E-state index contributed by atoms with van der Waals surface area (Å²) in [5, 5.41) is 12.7. The number of thioether (sulfide) groups is 1. The first kappa shape index (κ1) is 14.9. The molecule has 2 N–H and O–H groups in total. The highest BCUT2D eigenvalue weighted by molar-refractivity contribution is 7.99. The smallest absolute Gasteiger partial charge is 0.323 e. The lowest BCUT2D eigenvalue weighted by atomic mass is 9.97. The molecule has 0 saturated carbocycles. The fourth-order valence-corrected chi connectivity index (χ4v) is 2.24. The third-order valence-corrected chi connectivity index (χ3v) is 3.80. The predicted octanol–water partition coefficient (Wildman–Crippen LogP) is 1.72. The molecule has 1 rings (SSSR count). The van der Waals surface area contributed by atoms with Crippen LogP contribution in [0.5, 0.6) is 0 Å². The van der Waals surface area contributed by atoms with E-state index in [4.69, 9.17) is 5.11 Å². The molecule has 1 atom stereocenters. The average Bonchev–Trinajstić information content (AvgIpc) is 2.34. The van der Waals surface area contributed by atoms with Crippen LogP contribution in [-0.4, -0.2) is 39.4 Å². The van der Waals surface area contributed by atoms with Crippen molar-refractivity contribution >= 4 is 17.7 Å². The van der Waals surface area contributed by atoms with Gasteiger partial charge in [-0.2, -0.15) is 0 Å². The minimum absolute atomic E-state index is 0.581. The Balaban J connectivity index is 2.37. The van der Waals surface area contributed by atoms with Gasteiger partial charge in [0.05, 0.1) is 0 Å². The normalized spacial score (nSPS) is 14.2. The van der Waals surface area contributed by atoms with Crippen LogP contribution >= 0.6 is 11.8 Å². The molecule has 1 heterocycles. The number of aliphatic carboxylic acids is 1. The van der Waals surface area contributed by atoms with Gasteiger partial charge in [-0.1, -0.05) is 11.8 Å². The van der Waals surface area contributed by atoms with E-state index in [1.807, 2.05) is 13.0 Å². The molecule has 5 nitrogen and oxygen atoms in total. The van der Waals surface area contributed by atoms with Crippen LogP contribution in [-0.2, 0) is 4.79 Å². The van der Waals surface area contributed by atoms with E-state index in [1.165, 1.54) is 0 Å². The summed E-state index contributed by atoms with van der Waals surface area (Å²) in [6.45, 7) is 3.62. The van der Waals surface area contributed by atoms with Crippen molar-refractivity contribution in [1.82, 2.24) is 15.3 Å². The van der Waals surface area contributed by atoms with Gasteiger partial charge in [-0.3, -0.25) is 4.79 Å². The molecule has 0 saturated heterocycles. The first-order chi connectivity index (χ1) is 8.48. The number of aromatic nitrogens is 2. The van der Waals surface area contributed by atoms with Gasteiger partial charge in [-0.25, -0.2) is 9.97 Å². The summed E-state index contributed by atoms with van der Waals surface area (Å²) in [6, 6.07) is 1.85. The average molecular weight is 269 g/mol. The zero-order chi connectivity index (χ0) is 13.6. The molecule has 0 aliphatic rings. The molecule has 1 aromatic rings. The van der Waals surface area contributed by atoms with Gasteiger partial charge in [-0.15, -0.1) is 0 Å². The number of likely N-dealkylation sites (N-methyl/N-ethyl adjacent to an activating group) is 1. The van der Waals surface area contributed by atoms with E-state index in [2.05, 4.69) is 15.3 Å². The predicted molar refractivity (Wildman–Crippen MR) is 71.8 cm³/mol. The van der Waals surface area contributed by atoms with E-state index < -0.39 is 11.5 Å². The first-order valence-corrected chi connectivity index (χ1v) is 6.81. The fourth-order valence-electron chi connectivity index (χ4n) is 1.42. The second-order valence-electron chi connectivity index (χ2n) is 4.32. The molecule has 0 aliphatic heterocycles. The molecule has 1 unspecified atom stereocenters. The monoisotopic (exact) mass is 269 g/mol. The summed E-state index contributed by atoms with van der Waals surface area (Å²) in [5.41, 5.74) is 0.0895. The quantitative estimate of drug-likeness (QED) is 0.446. The molecule has 0 spiro atoms. The molecule has 0 aliphatic carbocycles. The molecule has 0 radical (unpaired) electrons. The maximum absolute atomic E-state index is 11.1. The van der Waals surface area contributed by atoms with Crippen LogP contribution in [0.1, 0.15) is 25.5 Å². The molecule has 0 amide bonds. The van der Waals surface area contributed by atoms with Crippen molar-refractivity contribution in [3.8, 4) is 0 Å². The van der Waals surface area contributed by atoms with Crippen LogP contribution in [0.4, 0.5) is 0 Å². The SMILES string of the molecule is CNC(C)(CCCSc1nccc(C)n1)C(=O)O. The van der Waals surface area contributed by atoms with Gasteiger partial charge in [0.1, 0.15) is 5.54 Å². The van der Waals surface area contributed by atoms with Crippen LogP contribution in [0, 0.1) is 6.92 Å². The Hall–Kier alpha value is -1.14. The van der Waals surface area contributed by atoms with E-state index in [1.54, 1.807) is 31.9 Å². The van der Waals surface area contributed by atoms with Gasteiger partial charge in [0.25, 0.3) is 0 Å². The summed E-state index contributed by atoms with van der Waals surface area (Å²) in [4.78, 5) is 19.5. The highest BCUT2D eigenvalue weighted by Crippen LogP contribution is 2.18. The number of nitrogens with one attached hydrogen (secondary N) is 1. The van der Waals surface area contributed by atoms with Gasteiger partial charge in [0.2, 0.25) is 0 Å². The zero-order valence-electron chi connectivity index (χ0n) is 10.9. The van der Waals surface area contributed by atoms with E-state index in [-0.39, 0.29) is 0 Å². The lowest BCUT2D eigenvalue weighted by Crippen LogP contribution is -2.47. The van der Waals surface area contributed by atoms with Gasteiger partial charge in [0, 0.05) is 17.6 Å². The van der Waals surface area contributed by atoms with E-state index in [0.717, 1.165) is 23.0 Å². The Morgan fingerprint density at radius 3 is 2.89 bits per heavy atom. The Morgan fingerprint density at radius 2 is 2.33 bits per heavy atom. The maximum atomic E-state index is 11.1. The van der Waals surface area contributed by atoms with Gasteiger partial charge >= 0.3 is 5.97 Å². The van der Waals surface area contributed by atoms with E-state index in [9.17, 15) is 4.79 Å². The number of aryl methyl sites for hydroxylation is 1. The molecule has 0 bridgehead atoms. The van der Waals surface area contributed by atoms with Crippen molar-refractivity contribution in [3.05, 3.63) is 18.0 Å². The zero-order valence-corrected chi connectivity index (χ0v) is 11.8. The Labute approximate surface area is 111 Å². The van der Waals surface area contributed by atoms with Crippen molar-refractivity contribution in [1.29, 1.82) is 0 Å². The standard InChI is InChI=1S/C12H19N3O2S/c1-9-5-7-14-11(15-9)18-8-4-6-12(2,13-3)10(16)17/h5,7,13H,4,6,8H2,1-3H3,(H,16,17).